The van der Waals surface area contributed by atoms with Crippen molar-refractivity contribution in [3.8, 4) is 0 Å². The molecule has 1 rings (SSSR count). The number of nitrogens with one attached hydrogen (secondary N) is 1. The van der Waals surface area contributed by atoms with Gasteiger partial charge in [0.2, 0.25) is 0 Å². The maximum absolute atomic E-state index is 10.1. The monoisotopic (exact) mass is 198 g/mol. The molecule has 1 aromatic rings. The first kappa shape index (κ1) is 9.73. The Morgan fingerprint density at radius 1 is 1.85 bits per heavy atom. The van der Waals surface area contributed by atoms with Crippen LogP contribution in [0.2, 0.25) is 0 Å². The quantitative estimate of drug-likeness (QED) is 0.712. The Morgan fingerprint density at radius 3 is 3.15 bits per heavy atom. The van der Waals surface area contributed by atoms with Crippen molar-refractivity contribution < 1.29 is 9.90 Å². The van der Waals surface area contributed by atoms with Crippen molar-refractivity contribution in [1.29, 1.82) is 0 Å². The Hall–Kier alpha value is -1.36. The van der Waals surface area contributed by atoms with Gasteiger partial charge in [0.1, 0.15) is 0 Å². The number of hydrogen-bond donors (Lipinski definition) is 2. The van der Waals surface area contributed by atoms with Crippen LogP contribution in [0.3, 0.4) is 0 Å². The Balaban J connectivity index is 2.31. The van der Waals surface area contributed by atoms with Gasteiger partial charge in [-0.15, -0.1) is 11.3 Å². The van der Waals surface area contributed by atoms with Crippen LogP contribution in [0.4, 0.5) is 0 Å². The molecule has 0 aliphatic rings. The van der Waals surface area contributed by atoms with E-state index in [0.717, 1.165) is 16.8 Å². The van der Waals surface area contributed by atoms with Crippen molar-refractivity contribution in [3.63, 3.8) is 0 Å². The highest BCUT2D eigenvalue weighted by atomic mass is 32.1. The number of carboxylic acid groups (broad SMARTS) is 1. The van der Waals surface area contributed by atoms with Gasteiger partial charge in [0.25, 0.3) is 0 Å². The summed E-state index contributed by atoms with van der Waals surface area (Å²) in [6, 6.07) is 0. The second-order valence-corrected chi connectivity index (χ2v) is 3.47. The van der Waals surface area contributed by atoms with E-state index in [4.69, 9.17) is 5.11 Å². The molecule has 0 atom stereocenters. The molecule has 0 bridgehead atoms. The number of aliphatic carboxylic acids is 1. The molecule has 70 valence electrons. The van der Waals surface area contributed by atoms with Crippen LogP contribution < -0.4 is 5.32 Å². The highest BCUT2D eigenvalue weighted by molar-refractivity contribution is 7.09. The molecular weight excluding hydrogens is 188 g/mol. The number of nitrogens with zero attached hydrogens (tertiary/aromatic N) is 1. The minimum atomic E-state index is -0.957. The van der Waals surface area contributed by atoms with E-state index in [1.54, 1.807) is 11.3 Å². The van der Waals surface area contributed by atoms with Gasteiger partial charge < -0.3 is 10.4 Å². The molecule has 0 saturated carbocycles. The molecule has 13 heavy (non-hydrogen) atoms. The van der Waals surface area contributed by atoms with Gasteiger partial charge in [-0.25, -0.2) is 9.78 Å². The molecule has 1 aromatic heterocycles. The standard InChI is InChI=1S/C8H10N2O2S/c1-6-10-7(5-13-6)4-9-3-2-8(11)12/h2-3,5,9H,4H2,1H3,(H,11,12)/b3-2+. The summed E-state index contributed by atoms with van der Waals surface area (Å²) in [6.45, 7) is 2.50. The third-order valence-electron chi connectivity index (χ3n) is 1.29. The van der Waals surface area contributed by atoms with Crippen molar-refractivity contribution in [2.45, 2.75) is 13.5 Å². The highest BCUT2D eigenvalue weighted by Gasteiger charge is 1.95. The Morgan fingerprint density at radius 2 is 2.62 bits per heavy atom. The largest absolute Gasteiger partial charge is 0.478 e. The molecule has 2 N–H and O–H groups in total. The SMILES string of the molecule is Cc1nc(CN/C=C/C(=O)O)cs1. The van der Waals surface area contributed by atoms with E-state index < -0.39 is 5.97 Å². The Bertz CT molecular complexity index is 320. The van der Waals surface area contributed by atoms with Gasteiger partial charge in [-0.2, -0.15) is 0 Å². The number of aromatic nitrogens is 1. The molecule has 5 heteroatoms. The van der Waals surface area contributed by atoms with Crippen LogP contribution in [0.1, 0.15) is 10.7 Å². The molecule has 0 saturated heterocycles. The second kappa shape index (κ2) is 4.61. The number of hydrogen-bond acceptors (Lipinski definition) is 4. The Kier molecular flexibility index (Phi) is 3.45. The summed E-state index contributed by atoms with van der Waals surface area (Å²) in [6.07, 6.45) is 2.45. The minimum Gasteiger partial charge on any atom is -0.478 e. The predicted molar refractivity (Wildman–Crippen MR) is 50.5 cm³/mol. The van der Waals surface area contributed by atoms with E-state index >= 15 is 0 Å². The van der Waals surface area contributed by atoms with Gasteiger partial charge in [0.15, 0.2) is 0 Å². The molecule has 1 heterocycles. The average molecular weight is 198 g/mol. The summed E-state index contributed by atoms with van der Waals surface area (Å²) in [5.41, 5.74) is 0.928. The highest BCUT2D eigenvalue weighted by Crippen LogP contribution is 2.06. The van der Waals surface area contributed by atoms with E-state index in [0.29, 0.717) is 6.54 Å². The van der Waals surface area contributed by atoms with Crippen LogP contribution in [0.25, 0.3) is 0 Å². The van der Waals surface area contributed by atoms with Crippen LogP contribution in [0, 0.1) is 6.92 Å². The number of aryl methyl sites for hydroxylation is 1. The lowest BCUT2D eigenvalue weighted by molar-refractivity contribution is -0.131. The van der Waals surface area contributed by atoms with Crippen LogP contribution in [-0.4, -0.2) is 16.1 Å². The van der Waals surface area contributed by atoms with E-state index in [1.165, 1.54) is 6.20 Å². The first-order valence-corrected chi connectivity index (χ1v) is 4.60. The van der Waals surface area contributed by atoms with E-state index in [-0.39, 0.29) is 0 Å². The molecule has 0 radical (unpaired) electrons. The first-order valence-electron chi connectivity index (χ1n) is 3.72. The molecule has 0 fully saturated rings. The third-order valence-corrected chi connectivity index (χ3v) is 2.12. The normalized spacial score (nSPS) is 10.5. The summed E-state index contributed by atoms with van der Waals surface area (Å²) in [7, 11) is 0. The maximum Gasteiger partial charge on any atom is 0.329 e. The lowest BCUT2D eigenvalue weighted by Crippen LogP contribution is -2.05. The zero-order chi connectivity index (χ0) is 9.68. The van der Waals surface area contributed by atoms with Gasteiger partial charge >= 0.3 is 5.97 Å². The van der Waals surface area contributed by atoms with Crippen molar-refractivity contribution in [1.82, 2.24) is 10.3 Å². The van der Waals surface area contributed by atoms with Crippen molar-refractivity contribution >= 4 is 17.3 Å². The van der Waals surface area contributed by atoms with Crippen LogP contribution >= 0.6 is 11.3 Å². The average Bonchev–Trinajstić information content (AvgIpc) is 2.45. The first-order chi connectivity index (χ1) is 6.18. The van der Waals surface area contributed by atoms with E-state index in [1.807, 2.05) is 12.3 Å². The molecule has 0 aromatic carbocycles. The van der Waals surface area contributed by atoms with Crippen molar-refractivity contribution in [3.05, 3.63) is 28.4 Å². The van der Waals surface area contributed by atoms with Gasteiger partial charge in [0.05, 0.1) is 17.2 Å². The number of rotatable bonds is 4. The minimum absolute atomic E-state index is 0.564. The Labute approximate surface area is 79.9 Å². The summed E-state index contributed by atoms with van der Waals surface area (Å²) in [5.74, 6) is -0.957. The van der Waals surface area contributed by atoms with E-state index in [9.17, 15) is 4.79 Å². The zero-order valence-corrected chi connectivity index (χ0v) is 7.97. The number of carbonyl (C=O) groups is 1. The van der Waals surface area contributed by atoms with Gasteiger partial charge in [-0.1, -0.05) is 0 Å². The number of thiazole rings is 1. The van der Waals surface area contributed by atoms with Crippen LogP contribution in [0.15, 0.2) is 17.7 Å². The fraction of sp³-hybridized carbons (Fsp3) is 0.250. The summed E-state index contributed by atoms with van der Waals surface area (Å²) < 4.78 is 0. The lowest BCUT2D eigenvalue weighted by atomic mass is 10.5. The molecule has 0 unspecified atom stereocenters. The molecule has 0 aliphatic carbocycles. The van der Waals surface area contributed by atoms with Crippen LogP contribution in [0.5, 0.6) is 0 Å². The van der Waals surface area contributed by atoms with Gasteiger partial charge in [0, 0.05) is 17.7 Å². The topological polar surface area (TPSA) is 62.2 Å². The molecule has 0 spiro atoms. The smallest absolute Gasteiger partial charge is 0.329 e. The second-order valence-electron chi connectivity index (χ2n) is 2.41. The number of carboxylic acids is 1. The summed E-state index contributed by atoms with van der Waals surface area (Å²) >= 11 is 1.58. The fourth-order valence-electron chi connectivity index (χ4n) is 0.783. The zero-order valence-electron chi connectivity index (χ0n) is 7.15. The molecular formula is C8H10N2O2S. The van der Waals surface area contributed by atoms with Gasteiger partial charge in [-0.3, -0.25) is 0 Å². The maximum atomic E-state index is 10.1. The lowest BCUT2D eigenvalue weighted by Gasteiger charge is -1.94. The molecule has 0 aliphatic heterocycles. The fourth-order valence-corrected chi connectivity index (χ4v) is 1.40. The molecule has 4 nitrogen and oxygen atoms in total. The van der Waals surface area contributed by atoms with Crippen molar-refractivity contribution in [2.75, 3.05) is 0 Å². The summed E-state index contributed by atoms with van der Waals surface area (Å²) in [4.78, 5) is 14.3. The third kappa shape index (κ3) is 3.71. The van der Waals surface area contributed by atoms with Crippen molar-refractivity contribution in [2.24, 2.45) is 0 Å². The molecule has 0 amide bonds. The summed E-state index contributed by atoms with van der Waals surface area (Å²) in [5, 5.41) is 14.1. The predicted octanol–water partition coefficient (Wildman–Crippen LogP) is 1.14. The van der Waals surface area contributed by atoms with Gasteiger partial charge in [-0.05, 0) is 6.92 Å². The van der Waals surface area contributed by atoms with Crippen LogP contribution in [-0.2, 0) is 11.3 Å². The van der Waals surface area contributed by atoms with E-state index in [2.05, 4.69) is 10.3 Å².